The van der Waals surface area contributed by atoms with E-state index in [0.29, 0.717) is 5.56 Å². The minimum Gasteiger partial charge on any atom is -0.507 e. The summed E-state index contributed by atoms with van der Waals surface area (Å²) in [6, 6.07) is 11.1. The number of benzene rings is 2. The molecule has 0 spiro atoms. The zero-order valence-corrected chi connectivity index (χ0v) is 16.9. The topological polar surface area (TPSA) is 64.9 Å². The average molecular weight is 418 g/mol. The van der Waals surface area contributed by atoms with Crippen LogP contribution in [0.2, 0.25) is 0 Å². The van der Waals surface area contributed by atoms with E-state index >= 15 is 0 Å². The lowest BCUT2D eigenvalue weighted by Gasteiger charge is -2.21. The van der Waals surface area contributed by atoms with Gasteiger partial charge in [0.15, 0.2) is 0 Å². The number of halogens is 1. The average Bonchev–Trinajstić information content (AvgIpc) is 2.60. The second kappa shape index (κ2) is 9.38. The van der Waals surface area contributed by atoms with Crippen molar-refractivity contribution in [3.8, 4) is 5.75 Å². The Morgan fingerprint density at radius 2 is 1.96 bits per heavy atom. The summed E-state index contributed by atoms with van der Waals surface area (Å²) in [6.07, 6.45) is 1.52. The number of carbonyl (C=O) groups is 1. The van der Waals surface area contributed by atoms with Gasteiger partial charge in [-0.2, -0.15) is 0 Å². The summed E-state index contributed by atoms with van der Waals surface area (Å²) in [6.45, 7) is 7.81. The van der Waals surface area contributed by atoms with Crippen LogP contribution in [0.25, 0.3) is 0 Å². The van der Waals surface area contributed by atoms with Crippen LogP contribution in [0, 0.1) is 6.92 Å². The Labute approximate surface area is 162 Å². The summed E-state index contributed by atoms with van der Waals surface area (Å²) in [5.41, 5.74) is 3.29. The van der Waals surface area contributed by atoms with E-state index in [0.717, 1.165) is 34.5 Å². The number of aliphatic imine (C=N–C) groups is 1. The van der Waals surface area contributed by atoms with Crippen LogP contribution in [0.15, 0.2) is 45.9 Å². The van der Waals surface area contributed by atoms with E-state index in [4.69, 9.17) is 0 Å². The third kappa shape index (κ3) is 5.33. The van der Waals surface area contributed by atoms with Crippen molar-refractivity contribution in [3.05, 3.63) is 52.0 Å². The maximum absolute atomic E-state index is 12.0. The minimum atomic E-state index is -0.203. The van der Waals surface area contributed by atoms with E-state index in [1.54, 1.807) is 6.07 Å². The minimum absolute atomic E-state index is 0.00720. The van der Waals surface area contributed by atoms with E-state index in [1.807, 2.05) is 37.3 Å². The summed E-state index contributed by atoms with van der Waals surface area (Å²) in [5, 5.41) is 13.0. The number of phenols is 1. The van der Waals surface area contributed by atoms with Crippen molar-refractivity contribution in [2.75, 3.05) is 29.9 Å². The molecular weight excluding hydrogens is 394 g/mol. The van der Waals surface area contributed by atoms with Crippen LogP contribution >= 0.6 is 15.9 Å². The molecular formula is C20H24BrN3O2. The number of aromatic hydroxyl groups is 1. The summed E-state index contributed by atoms with van der Waals surface area (Å²) in [5.74, 6) is -0.0479. The molecule has 2 aromatic rings. The number of rotatable bonds is 7. The molecule has 0 fully saturated rings. The smallest absolute Gasteiger partial charge is 0.246 e. The fourth-order valence-electron chi connectivity index (χ4n) is 2.61. The molecule has 0 saturated heterocycles. The number of carbonyl (C=O) groups excluding carboxylic acids is 1. The van der Waals surface area contributed by atoms with Crippen molar-refractivity contribution in [3.63, 3.8) is 0 Å². The summed E-state index contributed by atoms with van der Waals surface area (Å²) in [4.78, 5) is 18.3. The number of nitrogens with one attached hydrogen (secondary N) is 1. The lowest BCUT2D eigenvalue weighted by atomic mass is 10.2. The van der Waals surface area contributed by atoms with Gasteiger partial charge in [-0.25, -0.2) is 0 Å². The quantitative estimate of drug-likeness (QED) is 0.657. The molecule has 2 N–H and O–H groups in total. The van der Waals surface area contributed by atoms with Crippen molar-refractivity contribution >= 4 is 39.4 Å². The van der Waals surface area contributed by atoms with Crippen molar-refractivity contribution in [1.29, 1.82) is 0 Å². The molecule has 0 radical (unpaired) electrons. The Morgan fingerprint density at radius 1 is 1.23 bits per heavy atom. The predicted octanol–water partition coefficient (Wildman–Crippen LogP) is 4.37. The number of hydrogen-bond donors (Lipinski definition) is 2. The van der Waals surface area contributed by atoms with Gasteiger partial charge < -0.3 is 15.3 Å². The zero-order chi connectivity index (χ0) is 19.1. The monoisotopic (exact) mass is 417 g/mol. The van der Waals surface area contributed by atoms with E-state index in [1.165, 1.54) is 6.21 Å². The highest BCUT2D eigenvalue weighted by atomic mass is 79.9. The predicted molar refractivity (Wildman–Crippen MR) is 112 cm³/mol. The molecule has 0 aromatic heterocycles. The van der Waals surface area contributed by atoms with Crippen LogP contribution in [0.3, 0.4) is 0 Å². The fraction of sp³-hybridized carbons (Fsp3) is 0.300. The molecule has 0 aliphatic rings. The highest BCUT2D eigenvalue weighted by molar-refractivity contribution is 9.10. The number of nitrogens with zero attached hydrogens (tertiary/aromatic N) is 2. The van der Waals surface area contributed by atoms with Crippen LogP contribution in [0.1, 0.15) is 25.0 Å². The summed E-state index contributed by atoms with van der Waals surface area (Å²) in [7, 11) is 0. The van der Waals surface area contributed by atoms with Gasteiger partial charge in [0, 0.05) is 46.8 Å². The molecule has 26 heavy (non-hydrogen) atoms. The lowest BCUT2D eigenvalue weighted by molar-refractivity contribution is -0.114. The van der Waals surface area contributed by atoms with Gasteiger partial charge in [-0.05, 0) is 56.7 Å². The first-order chi connectivity index (χ1) is 12.4. The van der Waals surface area contributed by atoms with E-state index in [9.17, 15) is 9.90 Å². The SMILES string of the molecule is CCN(CC)c1ccc(C=NCC(=O)Nc2ccc(Br)cc2C)c(O)c1. The van der Waals surface area contributed by atoms with E-state index in [-0.39, 0.29) is 18.2 Å². The molecule has 0 unspecified atom stereocenters. The Hall–Kier alpha value is -2.34. The molecule has 0 bridgehead atoms. The molecule has 0 saturated carbocycles. The van der Waals surface area contributed by atoms with Gasteiger partial charge in [0.25, 0.3) is 0 Å². The van der Waals surface area contributed by atoms with E-state index < -0.39 is 0 Å². The fourth-order valence-corrected chi connectivity index (χ4v) is 3.09. The second-order valence-corrected chi connectivity index (χ2v) is 6.81. The molecule has 138 valence electrons. The van der Waals surface area contributed by atoms with Gasteiger partial charge >= 0.3 is 0 Å². The molecule has 0 aliphatic carbocycles. The maximum atomic E-state index is 12.0. The largest absolute Gasteiger partial charge is 0.507 e. The Kier molecular flexibility index (Phi) is 7.21. The molecule has 5 nitrogen and oxygen atoms in total. The van der Waals surface area contributed by atoms with Crippen LogP contribution < -0.4 is 10.2 Å². The van der Waals surface area contributed by atoms with Crippen molar-refractivity contribution < 1.29 is 9.90 Å². The first-order valence-corrected chi connectivity index (χ1v) is 9.37. The lowest BCUT2D eigenvalue weighted by Crippen LogP contribution is -2.21. The van der Waals surface area contributed by atoms with E-state index in [2.05, 4.69) is 45.0 Å². The number of aryl methyl sites for hydroxylation is 1. The Morgan fingerprint density at radius 3 is 2.58 bits per heavy atom. The number of amides is 1. The second-order valence-electron chi connectivity index (χ2n) is 5.89. The van der Waals surface area contributed by atoms with Gasteiger partial charge in [-0.15, -0.1) is 0 Å². The normalized spacial score (nSPS) is 10.9. The molecule has 0 atom stereocenters. The van der Waals surface area contributed by atoms with Crippen molar-refractivity contribution in [1.82, 2.24) is 0 Å². The molecule has 0 heterocycles. The van der Waals surface area contributed by atoms with Crippen LogP contribution in [0.5, 0.6) is 5.75 Å². The Bertz CT molecular complexity index is 802. The molecule has 2 rings (SSSR count). The number of anilines is 2. The summed E-state index contributed by atoms with van der Waals surface area (Å²) >= 11 is 3.40. The maximum Gasteiger partial charge on any atom is 0.246 e. The molecule has 0 aliphatic heterocycles. The van der Waals surface area contributed by atoms with Crippen LogP contribution in [-0.4, -0.2) is 36.9 Å². The standard InChI is InChI=1S/C20H24BrN3O2/c1-4-24(5-2)17-8-6-15(19(25)11-17)12-22-13-20(26)23-18-9-7-16(21)10-14(18)3/h6-12,25H,4-5,13H2,1-3H3,(H,23,26). The molecule has 6 heteroatoms. The molecule has 2 aromatic carbocycles. The Balaban J connectivity index is 1.98. The first kappa shape index (κ1) is 20.0. The third-order valence-electron chi connectivity index (χ3n) is 4.07. The number of hydrogen-bond acceptors (Lipinski definition) is 4. The van der Waals surface area contributed by atoms with Gasteiger partial charge in [0.2, 0.25) is 5.91 Å². The molecule has 1 amide bonds. The third-order valence-corrected chi connectivity index (χ3v) is 4.56. The van der Waals surface area contributed by atoms with Gasteiger partial charge in [-0.3, -0.25) is 9.79 Å². The zero-order valence-electron chi connectivity index (χ0n) is 15.3. The van der Waals surface area contributed by atoms with Crippen LogP contribution in [0.4, 0.5) is 11.4 Å². The van der Waals surface area contributed by atoms with Gasteiger partial charge in [0.05, 0.1) is 0 Å². The van der Waals surface area contributed by atoms with Gasteiger partial charge in [-0.1, -0.05) is 15.9 Å². The first-order valence-electron chi connectivity index (χ1n) is 8.58. The van der Waals surface area contributed by atoms with Crippen LogP contribution in [-0.2, 0) is 4.79 Å². The summed E-state index contributed by atoms with van der Waals surface area (Å²) < 4.78 is 0.967. The van der Waals surface area contributed by atoms with Crippen molar-refractivity contribution in [2.45, 2.75) is 20.8 Å². The van der Waals surface area contributed by atoms with Gasteiger partial charge in [0.1, 0.15) is 12.3 Å². The van der Waals surface area contributed by atoms with Crippen molar-refractivity contribution in [2.24, 2.45) is 4.99 Å². The number of phenolic OH excluding ortho intramolecular Hbond substituents is 1. The highest BCUT2D eigenvalue weighted by Crippen LogP contribution is 2.23. The highest BCUT2D eigenvalue weighted by Gasteiger charge is 2.07.